The number of carbonyl (C=O) groups excluding carboxylic acids is 1. The Morgan fingerprint density at radius 1 is 1.59 bits per heavy atom. The minimum Gasteiger partial charge on any atom is -0.399 e. The van der Waals surface area contributed by atoms with Gasteiger partial charge in [0.25, 0.3) is 0 Å². The smallest absolute Gasteiger partial charge is 0.250 e. The first-order chi connectivity index (χ1) is 8.02. The van der Waals surface area contributed by atoms with Crippen molar-refractivity contribution in [3.63, 3.8) is 0 Å². The maximum Gasteiger partial charge on any atom is 0.250 e. The van der Waals surface area contributed by atoms with Crippen LogP contribution in [-0.4, -0.2) is 18.6 Å². The lowest BCUT2D eigenvalue weighted by Gasteiger charge is -2.11. The average molecular weight is 257 g/mol. The molecule has 0 aliphatic carbocycles. The maximum atomic E-state index is 11.5. The molecule has 0 radical (unpaired) electrons. The summed E-state index contributed by atoms with van der Waals surface area (Å²) in [4.78, 5) is 11.5. The highest BCUT2D eigenvalue weighted by atomic mass is 35.5. The quantitative estimate of drug-likeness (QED) is 0.796. The Hall–Kier alpha value is -1.26. The zero-order valence-electron chi connectivity index (χ0n) is 10.00. The largest absolute Gasteiger partial charge is 0.399 e. The topological polar surface area (TPSA) is 64.3 Å². The first-order valence-electron chi connectivity index (χ1n) is 5.49. The Morgan fingerprint density at radius 2 is 2.29 bits per heavy atom. The molecule has 94 valence electrons. The van der Waals surface area contributed by atoms with Crippen LogP contribution in [0, 0.1) is 0 Å². The third-order valence-electron chi connectivity index (χ3n) is 2.34. The molecule has 1 amide bonds. The summed E-state index contributed by atoms with van der Waals surface area (Å²) >= 11 is 5.93. The van der Waals surface area contributed by atoms with Crippen LogP contribution in [0.1, 0.15) is 20.3 Å². The number of nitrogens with one attached hydrogen (secondary N) is 1. The first-order valence-corrected chi connectivity index (χ1v) is 5.87. The van der Waals surface area contributed by atoms with E-state index < -0.39 is 0 Å². The zero-order chi connectivity index (χ0) is 12.8. The van der Waals surface area contributed by atoms with Crippen LogP contribution < -0.4 is 11.1 Å². The third kappa shape index (κ3) is 4.63. The van der Waals surface area contributed by atoms with E-state index >= 15 is 0 Å². The van der Waals surface area contributed by atoms with Gasteiger partial charge < -0.3 is 15.8 Å². The van der Waals surface area contributed by atoms with Crippen molar-refractivity contribution in [3.05, 3.63) is 23.2 Å². The van der Waals surface area contributed by atoms with Crippen LogP contribution in [-0.2, 0) is 9.53 Å². The first kappa shape index (κ1) is 13.8. The van der Waals surface area contributed by atoms with E-state index in [0.717, 1.165) is 6.42 Å². The van der Waals surface area contributed by atoms with Crippen molar-refractivity contribution < 1.29 is 9.53 Å². The van der Waals surface area contributed by atoms with Crippen molar-refractivity contribution in [3.8, 4) is 0 Å². The molecule has 0 spiro atoms. The molecule has 5 heteroatoms. The van der Waals surface area contributed by atoms with Crippen molar-refractivity contribution in [1.29, 1.82) is 0 Å². The Labute approximate surface area is 106 Å². The number of nitrogens with two attached hydrogens (primary N) is 1. The second-order valence-corrected chi connectivity index (χ2v) is 4.22. The van der Waals surface area contributed by atoms with E-state index in [1.54, 1.807) is 18.2 Å². The molecule has 3 N–H and O–H groups in total. The van der Waals surface area contributed by atoms with Crippen molar-refractivity contribution >= 4 is 28.9 Å². The molecule has 1 rings (SSSR count). The number of hydrogen-bond acceptors (Lipinski definition) is 3. The van der Waals surface area contributed by atoms with Gasteiger partial charge in [-0.15, -0.1) is 0 Å². The Morgan fingerprint density at radius 3 is 2.88 bits per heavy atom. The van der Waals surface area contributed by atoms with E-state index in [2.05, 4.69) is 5.32 Å². The number of benzene rings is 1. The number of anilines is 2. The fraction of sp³-hybridized carbons (Fsp3) is 0.417. The highest BCUT2D eigenvalue weighted by molar-refractivity contribution is 6.34. The number of amides is 1. The lowest BCUT2D eigenvalue weighted by Crippen LogP contribution is -2.21. The fourth-order valence-electron chi connectivity index (χ4n) is 1.15. The Kier molecular flexibility index (Phi) is 5.25. The van der Waals surface area contributed by atoms with Crippen molar-refractivity contribution in [2.24, 2.45) is 0 Å². The van der Waals surface area contributed by atoms with Crippen molar-refractivity contribution in [1.82, 2.24) is 0 Å². The van der Waals surface area contributed by atoms with Gasteiger partial charge in [0.1, 0.15) is 6.61 Å². The van der Waals surface area contributed by atoms with Crippen LogP contribution in [0.5, 0.6) is 0 Å². The van der Waals surface area contributed by atoms with E-state index in [0.29, 0.717) is 16.4 Å². The molecular formula is C12H17ClN2O2. The van der Waals surface area contributed by atoms with Crippen LogP contribution in [0.15, 0.2) is 18.2 Å². The van der Waals surface area contributed by atoms with E-state index in [4.69, 9.17) is 22.1 Å². The number of nitrogen functional groups attached to an aromatic ring is 1. The highest BCUT2D eigenvalue weighted by Crippen LogP contribution is 2.23. The molecule has 1 unspecified atom stereocenters. The molecule has 0 fully saturated rings. The molecule has 0 aromatic heterocycles. The molecule has 4 nitrogen and oxygen atoms in total. The normalized spacial score (nSPS) is 12.2. The fourth-order valence-corrected chi connectivity index (χ4v) is 1.39. The van der Waals surface area contributed by atoms with Gasteiger partial charge in [0.05, 0.1) is 16.8 Å². The molecule has 17 heavy (non-hydrogen) atoms. The molecule has 0 saturated heterocycles. The summed E-state index contributed by atoms with van der Waals surface area (Å²) in [5.74, 6) is -0.225. The van der Waals surface area contributed by atoms with Crippen LogP contribution in [0.4, 0.5) is 11.4 Å². The Bertz CT molecular complexity index is 396. The van der Waals surface area contributed by atoms with E-state index in [-0.39, 0.29) is 18.6 Å². The number of halogens is 1. The molecule has 0 aliphatic heterocycles. The van der Waals surface area contributed by atoms with Crippen LogP contribution in [0.3, 0.4) is 0 Å². The predicted molar refractivity (Wildman–Crippen MR) is 70.2 cm³/mol. The van der Waals surface area contributed by atoms with Gasteiger partial charge in [0, 0.05) is 5.69 Å². The summed E-state index contributed by atoms with van der Waals surface area (Å²) < 4.78 is 5.31. The van der Waals surface area contributed by atoms with Gasteiger partial charge in [-0.25, -0.2) is 0 Å². The zero-order valence-corrected chi connectivity index (χ0v) is 10.8. The second-order valence-electron chi connectivity index (χ2n) is 3.82. The van der Waals surface area contributed by atoms with Crippen LogP contribution in [0.25, 0.3) is 0 Å². The minimum absolute atomic E-state index is 0.0235. The highest BCUT2D eigenvalue weighted by Gasteiger charge is 2.08. The Balaban J connectivity index is 2.50. The summed E-state index contributed by atoms with van der Waals surface area (Å²) in [6.45, 7) is 3.94. The van der Waals surface area contributed by atoms with E-state index in [1.165, 1.54) is 0 Å². The summed E-state index contributed by atoms with van der Waals surface area (Å²) in [6, 6.07) is 4.93. The standard InChI is InChI=1S/C12H17ClN2O2/c1-3-8(2)17-7-12(16)15-11-5-4-9(14)6-10(11)13/h4-6,8H,3,7,14H2,1-2H3,(H,15,16). The molecule has 1 atom stereocenters. The van der Waals surface area contributed by atoms with Gasteiger partial charge in [-0.2, -0.15) is 0 Å². The predicted octanol–water partition coefficient (Wildman–Crippen LogP) is 2.68. The maximum absolute atomic E-state index is 11.5. The molecule has 1 aromatic rings. The van der Waals surface area contributed by atoms with Gasteiger partial charge in [0.15, 0.2) is 0 Å². The summed E-state index contributed by atoms with van der Waals surface area (Å²) in [7, 11) is 0. The van der Waals surface area contributed by atoms with Gasteiger partial charge in [-0.05, 0) is 31.5 Å². The summed E-state index contributed by atoms with van der Waals surface area (Å²) in [6.07, 6.45) is 0.943. The van der Waals surface area contributed by atoms with Crippen molar-refractivity contribution in [2.75, 3.05) is 17.7 Å². The third-order valence-corrected chi connectivity index (χ3v) is 2.65. The summed E-state index contributed by atoms with van der Waals surface area (Å²) in [5, 5.41) is 3.08. The number of carbonyl (C=O) groups is 1. The van der Waals surface area contributed by atoms with Crippen LogP contribution in [0.2, 0.25) is 5.02 Å². The lowest BCUT2D eigenvalue weighted by molar-refractivity contribution is -0.122. The molecule has 1 aromatic carbocycles. The van der Waals surface area contributed by atoms with Gasteiger partial charge in [-0.3, -0.25) is 4.79 Å². The molecular weight excluding hydrogens is 240 g/mol. The minimum atomic E-state index is -0.225. The molecule has 0 saturated carbocycles. The monoisotopic (exact) mass is 256 g/mol. The molecule has 0 aliphatic rings. The number of ether oxygens (including phenoxy) is 1. The molecule has 0 heterocycles. The van der Waals surface area contributed by atoms with Gasteiger partial charge >= 0.3 is 0 Å². The van der Waals surface area contributed by atoms with Gasteiger partial charge in [0.2, 0.25) is 5.91 Å². The van der Waals surface area contributed by atoms with Gasteiger partial charge in [-0.1, -0.05) is 18.5 Å². The SMILES string of the molecule is CCC(C)OCC(=O)Nc1ccc(N)cc1Cl. The summed E-state index contributed by atoms with van der Waals surface area (Å²) in [5.41, 5.74) is 6.65. The van der Waals surface area contributed by atoms with Crippen LogP contribution >= 0.6 is 11.6 Å². The van der Waals surface area contributed by atoms with Crippen molar-refractivity contribution in [2.45, 2.75) is 26.4 Å². The lowest BCUT2D eigenvalue weighted by atomic mass is 10.3. The average Bonchev–Trinajstić information content (AvgIpc) is 2.29. The van der Waals surface area contributed by atoms with E-state index in [1.807, 2.05) is 13.8 Å². The second kappa shape index (κ2) is 6.47. The molecule has 0 bridgehead atoms. The van der Waals surface area contributed by atoms with E-state index in [9.17, 15) is 4.79 Å². The number of hydrogen-bond donors (Lipinski definition) is 2. The number of rotatable bonds is 5.